The van der Waals surface area contributed by atoms with E-state index < -0.39 is 12.1 Å². The van der Waals surface area contributed by atoms with Crippen LogP contribution in [-0.2, 0) is 14.3 Å². The molecule has 0 aliphatic carbocycles. The summed E-state index contributed by atoms with van der Waals surface area (Å²) in [4.78, 5) is 24.7. The molecule has 0 rings (SSSR count). The Morgan fingerprint density at radius 1 is 0.346 bits per heavy atom. The normalized spacial score (nSPS) is 12.7. The summed E-state index contributed by atoms with van der Waals surface area (Å²) < 4.78 is 5.50. The molecule has 478 valence electrons. The summed E-state index contributed by atoms with van der Waals surface area (Å²) >= 11 is 0. The van der Waals surface area contributed by atoms with Crippen molar-refractivity contribution in [1.29, 1.82) is 0 Å². The predicted octanol–water partition coefficient (Wildman–Crippen LogP) is 23.9. The number of carbonyl (C=O) groups is 2. The lowest BCUT2D eigenvalue weighted by Crippen LogP contribution is -2.45. The Balaban J connectivity index is 3.44. The van der Waals surface area contributed by atoms with E-state index in [-0.39, 0.29) is 18.5 Å². The van der Waals surface area contributed by atoms with Crippen LogP contribution in [0, 0.1) is 0 Å². The van der Waals surface area contributed by atoms with Crippen molar-refractivity contribution in [3.63, 3.8) is 0 Å². The average molecular weight is 1140 g/mol. The Morgan fingerprint density at radius 3 is 0.951 bits per heavy atom. The maximum absolute atomic E-state index is 12.6. The molecule has 1 amide bonds. The van der Waals surface area contributed by atoms with Crippen LogP contribution < -0.4 is 5.32 Å². The van der Waals surface area contributed by atoms with Crippen molar-refractivity contribution < 1.29 is 24.5 Å². The van der Waals surface area contributed by atoms with Crippen LogP contribution in [0.5, 0.6) is 0 Å². The SMILES string of the molecule is CCCCCCCC/C=C\CCCCCCCCCC(=O)OCCCCCCCCCCC/C=C\C/C=C\CCCCCCCCCC(=O)NC(CO)C(O)CCCCCCCCCCCCCCCCCCCCCCCCCC. The third-order valence-corrected chi connectivity index (χ3v) is 17.2. The van der Waals surface area contributed by atoms with Crippen molar-refractivity contribution >= 4 is 11.9 Å². The Hall–Kier alpha value is -1.92. The van der Waals surface area contributed by atoms with Crippen molar-refractivity contribution in [2.24, 2.45) is 0 Å². The number of esters is 1. The van der Waals surface area contributed by atoms with Crippen molar-refractivity contribution in [2.75, 3.05) is 13.2 Å². The zero-order valence-corrected chi connectivity index (χ0v) is 54.8. The first kappa shape index (κ1) is 79.1. The van der Waals surface area contributed by atoms with Gasteiger partial charge in [-0.1, -0.05) is 346 Å². The number of nitrogens with one attached hydrogen (secondary N) is 1. The molecule has 0 spiro atoms. The van der Waals surface area contributed by atoms with E-state index in [9.17, 15) is 19.8 Å². The van der Waals surface area contributed by atoms with Crippen LogP contribution in [-0.4, -0.2) is 47.4 Å². The van der Waals surface area contributed by atoms with Gasteiger partial charge in [0.1, 0.15) is 0 Å². The molecular weight excluding hydrogens is 995 g/mol. The first-order valence-electron chi connectivity index (χ1n) is 36.7. The number of aliphatic hydroxyl groups excluding tert-OH is 2. The molecule has 0 aliphatic heterocycles. The van der Waals surface area contributed by atoms with Gasteiger partial charge in [0.2, 0.25) is 5.91 Å². The largest absolute Gasteiger partial charge is 0.466 e. The molecule has 0 aromatic heterocycles. The molecule has 81 heavy (non-hydrogen) atoms. The highest BCUT2D eigenvalue weighted by atomic mass is 16.5. The summed E-state index contributed by atoms with van der Waals surface area (Å²) in [6.45, 7) is 4.98. The number of unbranched alkanes of at least 4 members (excludes halogenated alkanes) is 52. The molecule has 0 aromatic rings. The second kappa shape index (κ2) is 70.6. The molecule has 0 fully saturated rings. The van der Waals surface area contributed by atoms with Gasteiger partial charge in [-0.2, -0.15) is 0 Å². The minimum Gasteiger partial charge on any atom is -0.466 e. The summed E-state index contributed by atoms with van der Waals surface area (Å²) in [5.41, 5.74) is 0. The third-order valence-electron chi connectivity index (χ3n) is 17.2. The summed E-state index contributed by atoms with van der Waals surface area (Å²) in [5.74, 6) is -0.0366. The first-order chi connectivity index (χ1) is 40.0. The van der Waals surface area contributed by atoms with Crippen molar-refractivity contribution in [2.45, 2.75) is 418 Å². The van der Waals surface area contributed by atoms with E-state index in [2.05, 4.69) is 55.6 Å². The molecule has 6 heteroatoms. The monoisotopic (exact) mass is 1140 g/mol. The molecule has 0 saturated heterocycles. The Bertz CT molecular complexity index is 1310. The first-order valence-corrected chi connectivity index (χ1v) is 36.7. The van der Waals surface area contributed by atoms with Gasteiger partial charge in [0.25, 0.3) is 0 Å². The minimum absolute atomic E-state index is 0.00455. The number of allylic oxidation sites excluding steroid dienone is 6. The summed E-state index contributed by atoms with van der Waals surface area (Å²) in [5, 5.41) is 23.4. The van der Waals surface area contributed by atoms with E-state index in [1.165, 1.54) is 315 Å². The van der Waals surface area contributed by atoms with Crippen LogP contribution in [0.3, 0.4) is 0 Å². The van der Waals surface area contributed by atoms with Gasteiger partial charge in [-0.05, 0) is 83.5 Å². The number of hydrogen-bond acceptors (Lipinski definition) is 5. The molecule has 3 N–H and O–H groups in total. The van der Waals surface area contributed by atoms with Crippen LogP contribution in [0.2, 0.25) is 0 Å². The van der Waals surface area contributed by atoms with Crippen molar-refractivity contribution in [3.05, 3.63) is 36.5 Å². The lowest BCUT2D eigenvalue weighted by atomic mass is 10.0. The Labute approximate surface area is 506 Å². The molecule has 2 atom stereocenters. The van der Waals surface area contributed by atoms with Crippen LogP contribution in [0.4, 0.5) is 0 Å². The number of ether oxygens (including phenoxy) is 1. The maximum Gasteiger partial charge on any atom is 0.305 e. The van der Waals surface area contributed by atoms with Crippen LogP contribution in [0.25, 0.3) is 0 Å². The van der Waals surface area contributed by atoms with Crippen molar-refractivity contribution in [3.8, 4) is 0 Å². The van der Waals surface area contributed by atoms with E-state index in [4.69, 9.17) is 4.74 Å². The van der Waals surface area contributed by atoms with Gasteiger partial charge >= 0.3 is 5.97 Å². The fourth-order valence-corrected chi connectivity index (χ4v) is 11.6. The number of amides is 1. The predicted molar refractivity (Wildman–Crippen MR) is 356 cm³/mol. The molecule has 0 aromatic carbocycles. The zero-order valence-electron chi connectivity index (χ0n) is 54.8. The second-order valence-electron chi connectivity index (χ2n) is 25.3. The summed E-state index contributed by atoms with van der Waals surface area (Å²) in [6.07, 6.45) is 90.5. The molecule has 0 bridgehead atoms. The van der Waals surface area contributed by atoms with E-state index in [0.717, 1.165) is 57.8 Å². The minimum atomic E-state index is -0.673. The molecule has 0 saturated carbocycles. The van der Waals surface area contributed by atoms with E-state index in [1.807, 2.05) is 0 Å². The lowest BCUT2D eigenvalue weighted by Gasteiger charge is -2.22. The number of rotatable bonds is 69. The Morgan fingerprint density at radius 2 is 0.617 bits per heavy atom. The van der Waals surface area contributed by atoms with Crippen LogP contribution >= 0.6 is 0 Å². The van der Waals surface area contributed by atoms with Gasteiger partial charge in [-0.15, -0.1) is 0 Å². The topological polar surface area (TPSA) is 95.9 Å². The van der Waals surface area contributed by atoms with Gasteiger partial charge in [0.15, 0.2) is 0 Å². The lowest BCUT2D eigenvalue weighted by molar-refractivity contribution is -0.143. The highest BCUT2D eigenvalue weighted by Crippen LogP contribution is 2.19. The number of aliphatic hydroxyl groups is 2. The Kier molecular flexibility index (Phi) is 68.9. The average Bonchev–Trinajstić information content (AvgIpc) is 3.47. The van der Waals surface area contributed by atoms with Gasteiger partial charge in [0, 0.05) is 12.8 Å². The molecule has 0 heterocycles. The maximum atomic E-state index is 12.6. The van der Waals surface area contributed by atoms with Crippen LogP contribution in [0.15, 0.2) is 36.5 Å². The van der Waals surface area contributed by atoms with Gasteiger partial charge in [-0.3, -0.25) is 9.59 Å². The van der Waals surface area contributed by atoms with Crippen LogP contribution in [0.1, 0.15) is 406 Å². The van der Waals surface area contributed by atoms with Gasteiger partial charge in [0.05, 0.1) is 25.4 Å². The van der Waals surface area contributed by atoms with E-state index in [1.54, 1.807) is 0 Å². The summed E-state index contributed by atoms with van der Waals surface area (Å²) in [7, 11) is 0. The number of carbonyl (C=O) groups excluding carboxylic acids is 2. The highest BCUT2D eigenvalue weighted by molar-refractivity contribution is 5.76. The molecular formula is C75H143NO5. The quantitative estimate of drug-likeness (QED) is 0.0320. The second-order valence-corrected chi connectivity index (χ2v) is 25.3. The van der Waals surface area contributed by atoms with Gasteiger partial charge in [-0.25, -0.2) is 0 Å². The molecule has 0 aliphatic rings. The fraction of sp³-hybridized carbons (Fsp3) is 0.893. The highest BCUT2D eigenvalue weighted by Gasteiger charge is 2.20. The fourth-order valence-electron chi connectivity index (χ4n) is 11.6. The smallest absolute Gasteiger partial charge is 0.305 e. The molecule has 2 unspecified atom stereocenters. The molecule has 0 radical (unpaired) electrons. The zero-order chi connectivity index (χ0) is 58.5. The van der Waals surface area contributed by atoms with Gasteiger partial charge < -0.3 is 20.3 Å². The number of hydrogen-bond donors (Lipinski definition) is 3. The summed E-state index contributed by atoms with van der Waals surface area (Å²) in [6, 6.07) is -0.551. The standard InChI is InChI=1S/C75H143NO5/c1-3-5-7-9-11-13-15-17-19-21-22-23-24-26-29-32-36-39-43-47-51-55-59-63-67-73(78)72(71-77)76-74(79)68-64-60-56-52-48-44-40-37-33-30-27-25-28-31-34-38-42-46-50-54-58-62-66-70-81-75(80)69-65-61-57-53-49-45-41-35-20-18-16-14-12-10-8-6-4-2/h18,20,25,28,30,33,72-73,77-78H,3-17,19,21-24,26-27,29,31-32,34-71H2,1-2H3,(H,76,79)/b20-18-,28-25-,33-30-. The third kappa shape index (κ3) is 67.1. The van der Waals surface area contributed by atoms with Crippen molar-refractivity contribution in [1.82, 2.24) is 5.32 Å². The van der Waals surface area contributed by atoms with E-state index >= 15 is 0 Å². The molecule has 6 nitrogen and oxygen atoms in total. The van der Waals surface area contributed by atoms with E-state index in [0.29, 0.717) is 25.9 Å².